The van der Waals surface area contributed by atoms with E-state index in [0.29, 0.717) is 6.54 Å². The molecule has 4 aromatic rings. The average molecular weight is 444 g/mol. The van der Waals surface area contributed by atoms with Gasteiger partial charge in [0.15, 0.2) is 0 Å². The van der Waals surface area contributed by atoms with Crippen LogP contribution in [0.2, 0.25) is 0 Å². The highest BCUT2D eigenvalue weighted by Crippen LogP contribution is 2.37. The first-order valence-electron chi connectivity index (χ1n) is 10.8. The maximum absolute atomic E-state index is 13.3. The molecule has 0 spiro atoms. The van der Waals surface area contributed by atoms with Gasteiger partial charge in [0, 0.05) is 45.0 Å². The highest BCUT2D eigenvalue weighted by molar-refractivity contribution is 7.20. The molecule has 0 fully saturated rings. The van der Waals surface area contributed by atoms with Gasteiger partial charge in [0.25, 0.3) is 5.91 Å². The van der Waals surface area contributed by atoms with Crippen LogP contribution in [0.25, 0.3) is 10.2 Å². The number of carbonyl (C=O) groups excluding carboxylic acids is 1. The maximum Gasteiger partial charge on any atom is 0.264 e. The number of thiophene rings is 1. The Morgan fingerprint density at radius 2 is 1.91 bits per heavy atom. The third-order valence-corrected chi connectivity index (χ3v) is 7.30. The molecule has 1 aliphatic heterocycles. The molecule has 1 aliphatic rings. The Morgan fingerprint density at radius 3 is 2.72 bits per heavy atom. The van der Waals surface area contributed by atoms with Crippen molar-refractivity contribution >= 4 is 33.3 Å². The van der Waals surface area contributed by atoms with Crippen molar-refractivity contribution in [2.75, 3.05) is 25.0 Å². The Balaban J connectivity index is 1.41. The van der Waals surface area contributed by atoms with Crippen LogP contribution < -0.4 is 4.90 Å². The maximum atomic E-state index is 13.3. The number of likely N-dealkylation sites (N-methyl/N-ethyl adjacent to an activating group) is 1. The van der Waals surface area contributed by atoms with Crippen molar-refractivity contribution in [2.24, 2.45) is 0 Å². The molecule has 7 heteroatoms. The number of hydrogen-bond donors (Lipinski definition) is 0. The molecule has 0 N–H and O–H groups in total. The molecular formula is C25H25N5OS. The summed E-state index contributed by atoms with van der Waals surface area (Å²) < 4.78 is 0. The molecule has 0 saturated heterocycles. The van der Waals surface area contributed by atoms with Gasteiger partial charge >= 0.3 is 0 Å². The highest BCUT2D eigenvalue weighted by Gasteiger charge is 2.25. The zero-order valence-corrected chi connectivity index (χ0v) is 19.1. The number of rotatable bonds is 5. The van der Waals surface area contributed by atoms with E-state index in [2.05, 4.69) is 44.1 Å². The number of carbonyl (C=O) groups is 1. The van der Waals surface area contributed by atoms with E-state index < -0.39 is 0 Å². The molecule has 0 atom stereocenters. The van der Waals surface area contributed by atoms with Gasteiger partial charge in [-0.15, -0.1) is 11.3 Å². The normalized spacial score (nSPS) is 13.2. The molecule has 0 saturated carbocycles. The summed E-state index contributed by atoms with van der Waals surface area (Å²) in [7, 11) is 1.85. The molecule has 0 aliphatic carbocycles. The monoisotopic (exact) mass is 443 g/mol. The second-order valence-electron chi connectivity index (χ2n) is 8.17. The Hall–Kier alpha value is -3.32. The topological polar surface area (TPSA) is 62.2 Å². The van der Waals surface area contributed by atoms with Crippen LogP contribution in [0, 0.1) is 6.92 Å². The summed E-state index contributed by atoms with van der Waals surface area (Å²) in [4.78, 5) is 32.5. The van der Waals surface area contributed by atoms with Gasteiger partial charge < -0.3 is 9.80 Å². The van der Waals surface area contributed by atoms with Crippen molar-refractivity contribution in [3.8, 4) is 0 Å². The van der Waals surface area contributed by atoms with Crippen LogP contribution >= 0.6 is 11.3 Å². The van der Waals surface area contributed by atoms with Crippen LogP contribution in [0.3, 0.4) is 0 Å². The van der Waals surface area contributed by atoms with Crippen LogP contribution in [-0.4, -0.2) is 45.9 Å². The van der Waals surface area contributed by atoms with E-state index in [1.165, 1.54) is 22.5 Å². The predicted octanol–water partition coefficient (Wildman–Crippen LogP) is 4.27. The zero-order valence-electron chi connectivity index (χ0n) is 18.3. The molecule has 0 unspecified atom stereocenters. The number of hydrogen-bond acceptors (Lipinski definition) is 6. The van der Waals surface area contributed by atoms with Crippen LogP contribution in [0.1, 0.15) is 32.1 Å². The molecule has 4 heterocycles. The number of nitrogens with zero attached hydrogens (tertiary/aromatic N) is 5. The van der Waals surface area contributed by atoms with Crippen molar-refractivity contribution in [1.29, 1.82) is 0 Å². The molecule has 1 aromatic carbocycles. The van der Waals surface area contributed by atoms with Crippen molar-refractivity contribution in [3.63, 3.8) is 0 Å². The lowest BCUT2D eigenvalue weighted by atomic mass is 9.99. The van der Waals surface area contributed by atoms with Crippen molar-refractivity contribution in [1.82, 2.24) is 19.9 Å². The number of aryl methyl sites for hydroxylation is 1. The molecule has 1 amide bonds. The highest BCUT2D eigenvalue weighted by atomic mass is 32.1. The van der Waals surface area contributed by atoms with Gasteiger partial charge in [-0.3, -0.25) is 9.78 Å². The van der Waals surface area contributed by atoms with Crippen LogP contribution in [-0.2, 0) is 19.4 Å². The van der Waals surface area contributed by atoms with E-state index >= 15 is 0 Å². The minimum atomic E-state index is 0.0244. The number of pyridine rings is 1. The first kappa shape index (κ1) is 20.6. The standard InChI is InChI=1S/C25H25N5OS/c1-17-21-23(30-14-10-18-7-3-4-8-19(18)15-30)27-16-28-24(21)32-22(17)25(31)29(2)13-11-20-9-5-6-12-26-20/h3-9,12,16H,10-11,13-15H2,1-2H3. The Labute approximate surface area is 191 Å². The molecule has 5 rings (SSSR count). The minimum absolute atomic E-state index is 0.0244. The van der Waals surface area contributed by atoms with Crippen LogP contribution in [0.15, 0.2) is 55.0 Å². The summed E-state index contributed by atoms with van der Waals surface area (Å²) in [5.41, 5.74) is 4.69. The van der Waals surface area contributed by atoms with Gasteiger partial charge in [-0.1, -0.05) is 30.3 Å². The fourth-order valence-corrected chi connectivity index (χ4v) is 5.41. The van der Waals surface area contributed by atoms with Gasteiger partial charge in [0.1, 0.15) is 17.0 Å². The number of aromatic nitrogens is 3. The summed E-state index contributed by atoms with van der Waals surface area (Å²) in [6.07, 6.45) is 5.12. The van der Waals surface area contributed by atoms with Crippen molar-refractivity contribution in [2.45, 2.75) is 26.3 Å². The Kier molecular flexibility index (Phi) is 5.57. The third-order valence-electron chi connectivity index (χ3n) is 6.11. The second-order valence-corrected chi connectivity index (χ2v) is 9.17. The lowest BCUT2D eigenvalue weighted by Gasteiger charge is -2.30. The van der Waals surface area contributed by atoms with E-state index in [1.807, 2.05) is 32.2 Å². The third kappa shape index (κ3) is 3.84. The van der Waals surface area contributed by atoms with E-state index in [1.54, 1.807) is 17.4 Å². The molecule has 162 valence electrons. The van der Waals surface area contributed by atoms with Gasteiger partial charge in [-0.2, -0.15) is 0 Å². The van der Waals surface area contributed by atoms with Crippen molar-refractivity contribution in [3.05, 3.63) is 82.3 Å². The van der Waals surface area contributed by atoms with E-state index in [-0.39, 0.29) is 5.91 Å². The Bertz CT molecular complexity index is 1270. The lowest BCUT2D eigenvalue weighted by Crippen LogP contribution is -2.31. The fraction of sp³-hybridized carbons (Fsp3) is 0.280. The van der Waals surface area contributed by atoms with Gasteiger partial charge in [0.05, 0.1) is 10.3 Å². The summed E-state index contributed by atoms with van der Waals surface area (Å²) in [5, 5.41) is 0.998. The average Bonchev–Trinajstić information content (AvgIpc) is 3.19. The number of benzene rings is 1. The fourth-order valence-electron chi connectivity index (χ4n) is 4.28. The number of amides is 1. The molecule has 0 radical (unpaired) electrons. The SMILES string of the molecule is Cc1c(C(=O)N(C)CCc2ccccn2)sc2ncnc(N3CCc4ccccc4C3)c12. The largest absolute Gasteiger partial charge is 0.351 e. The van der Waals surface area contributed by atoms with Gasteiger partial charge in [0.2, 0.25) is 0 Å². The van der Waals surface area contributed by atoms with E-state index in [0.717, 1.165) is 58.1 Å². The van der Waals surface area contributed by atoms with Crippen LogP contribution in [0.5, 0.6) is 0 Å². The minimum Gasteiger partial charge on any atom is -0.351 e. The van der Waals surface area contributed by atoms with E-state index in [9.17, 15) is 4.79 Å². The predicted molar refractivity (Wildman–Crippen MR) is 128 cm³/mol. The molecule has 0 bridgehead atoms. The first-order chi connectivity index (χ1) is 15.6. The first-order valence-corrected chi connectivity index (χ1v) is 11.6. The summed E-state index contributed by atoms with van der Waals surface area (Å²) in [6.45, 7) is 4.37. The van der Waals surface area contributed by atoms with E-state index in [4.69, 9.17) is 0 Å². The lowest BCUT2D eigenvalue weighted by molar-refractivity contribution is 0.0800. The van der Waals surface area contributed by atoms with Crippen molar-refractivity contribution < 1.29 is 4.79 Å². The number of fused-ring (bicyclic) bond motifs is 2. The number of anilines is 1. The zero-order chi connectivity index (χ0) is 22.1. The van der Waals surface area contributed by atoms with Gasteiger partial charge in [-0.05, 0) is 42.2 Å². The quantitative estimate of drug-likeness (QED) is 0.461. The smallest absolute Gasteiger partial charge is 0.264 e. The van der Waals surface area contributed by atoms with Crippen LogP contribution in [0.4, 0.5) is 5.82 Å². The molecule has 3 aromatic heterocycles. The Morgan fingerprint density at radius 1 is 1.09 bits per heavy atom. The molecular weight excluding hydrogens is 418 g/mol. The summed E-state index contributed by atoms with van der Waals surface area (Å²) in [5.74, 6) is 0.949. The summed E-state index contributed by atoms with van der Waals surface area (Å²) >= 11 is 1.46. The molecule has 6 nitrogen and oxygen atoms in total. The van der Waals surface area contributed by atoms with Gasteiger partial charge in [-0.25, -0.2) is 9.97 Å². The molecule has 32 heavy (non-hydrogen) atoms. The second kappa shape index (κ2) is 8.67. The summed E-state index contributed by atoms with van der Waals surface area (Å²) in [6, 6.07) is 14.4.